The molecule has 0 amide bonds. The van der Waals surface area contributed by atoms with Gasteiger partial charge in [-0.2, -0.15) is 0 Å². The second kappa shape index (κ2) is 5.34. The molecular weight excluding hydrogens is 246 g/mol. The summed E-state index contributed by atoms with van der Waals surface area (Å²) < 4.78 is 6.62. The van der Waals surface area contributed by atoms with E-state index in [2.05, 4.69) is 11.1 Å². The summed E-state index contributed by atoms with van der Waals surface area (Å²) in [4.78, 5) is 4.57. The van der Waals surface area contributed by atoms with Crippen molar-refractivity contribution in [1.82, 2.24) is 4.98 Å². The molecule has 1 N–H and O–H groups in total. The number of rotatable bonds is 3. The second-order valence-corrected chi connectivity index (χ2v) is 5.94. The van der Waals surface area contributed by atoms with E-state index in [1.54, 1.807) is 11.3 Å². The molecule has 1 aliphatic heterocycles. The molecule has 3 nitrogen and oxygen atoms in total. The Hall–Kier alpha value is -0.970. The summed E-state index contributed by atoms with van der Waals surface area (Å²) in [6.45, 7) is 1.52. The van der Waals surface area contributed by atoms with E-state index in [-0.39, 0.29) is 12.0 Å². The summed E-state index contributed by atoms with van der Waals surface area (Å²) in [5.74, 6) is 0.269. The third-order valence-electron chi connectivity index (χ3n) is 3.46. The highest BCUT2D eigenvalue weighted by Gasteiger charge is 2.23. The van der Waals surface area contributed by atoms with Crippen LogP contribution in [0.3, 0.4) is 0 Å². The zero-order valence-corrected chi connectivity index (χ0v) is 11.0. The topological polar surface area (TPSA) is 42.4 Å². The average molecular weight is 263 g/mol. The van der Waals surface area contributed by atoms with Gasteiger partial charge in [0.1, 0.15) is 0 Å². The Bertz CT molecular complexity index is 486. The molecule has 96 valence electrons. The van der Waals surface area contributed by atoms with Crippen molar-refractivity contribution >= 4 is 21.6 Å². The molecule has 2 unspecified atom stereocenters. The molecule has 0 aliphatic carbocycles. The molecule has 2 atom stereocenters. The van der Waals surface area contributed by atoms with E-state index < -0.39 is 0 Å². The lowest BCUT2D eigenvalue weighted by Crippen LogP contribution is -2.30. The fourth-order valence-electron chi connectivity index (χ4n) is 2.42. The van der Waals surface area contributed by atoms with Crippen molar-refractivity contribution < 1.29 is 9.84 Å². The molecule has 2 heterocycles. The quantitative estimate of drug-likeness (QED) is 0.925. The first-order chi connectivity index (χ1) is 8.83. The highest BCUT2D eigenvalue weighted by atomic mass is 32.1. The summed E-state index contributed by atoms with van der Waals surface area (Å²) in [5.41, 5.74) is 1.03. The van der Waals surface area contributed by atoms with E-state index in [0.29, 0.717) is 13.0 Å². The maximum absolute atomic E-state index is 10.2. The third kappa shape index (κ3) is 2.55. The summed E-state index contributed by atoms with van der Waals surface area (Å²) in [5, 5.41) is 11.3. The van der Waals surface area contributed by atoms with Crippen molar-refractivity contribution in [1.29, 1.82) is 0 Å². The summed E-state index contributed by atoms with van der Waals surface area (Å²) in [7, 11) is 0. The number of hydrogen-bond acceptors (Lipinski definition) is 4. The molecule has 0 spiro atoms. The largest absolute Gasteiger partial charge is 0.392 e. The fraction of sp³-hybridized carbons (Fsp3) is 0.500. The summed E-state index contributed by atoms with van der Waals surface area (Å²) >= 11 is 1.68. The predicted octanol–water partition coefficient (Wildman–Crippen LogP) is 2.63. The molecule has 1 aromatic heterocycles. The first-order valence-corrected chi connectivity index (χ1v) is 7.25. The smallest absolute Gasteiger partial charge is 0.0964 e. The van der Waals surface area contributed by atoms with E-state index in [1.807, 2.05) is 18.2 Å². The van der Waals surface area contributed by atoms with Gasteiger partial charge in [-0.05, 0) is 25.0 Å². The molecule has 4 heteroatoms. The van der Waals surface area contributed by atoms with Gasteiger partial charge < -0.3 is 9.84 Å². The molecule has 18 heavy (non-hydrogen) atoms. The number of nitrogens with zero attached hydrogens (tertiary/aromatic N) is 1. The minimum absolute atomic E-state index is 0.269. The minimum Gasteiger partial charge on any atom is -0.392 e. The predicted molar refractivity (Wildman–Crippen MR) is 72.9 cm³/mol. The molecule has 0 radical (unpaired) electrons. The fourth-order valence-corrected chi connectivity index (χ4v) is 3.44. The molecule has 1 aliphatic rings. The number of ether oxygens (including phenoxy) is 1. The molecule has 3 rings (SSSR count). The van der Waals surface area contributed by atoms with E-state index >= 15 is 0 Å². The lowest BCUT2D eigenvalue weighted by molar-refractivity contribution is -0.00846. The first-order valence-electron chi connectivity index (χ1n) is 6.43. The van der Waals surface area contributed by atoms with Gasteiger partial charge in [0.05, 0.1) is 27.9 Å². The highest BCUT2D eigenvalue weighted by Crippen LogP contribution is 2.25. The zero-order valence-electron chi connectivity index (χ0n) is 10.2. The molecule has 2 aromatic rings. The summed E-state index contributed by atoms with van der Waals surface area (Å²) in [6, 6.07) is 8.12. The molecule has 0 saturated carbocycles. The summed E-state index contributed by atoms with van der Waals surface area (Å²) in [6.07, 6.45) is 2.44. The van der Waals surface area contributed by atoms with Gasteiger partial charge >= 0.3 is 0 Å². The second-order valence-electron chi connectivity index (χ2n) is 4.82. The first kappa shape index (κ1) is 12.1. The van der Waals surface area contributed by atoms with Gasteiger partial charge in [0.25, 0.3) is 0 Å². The van der Waals surface area contributed by atoms with Crippen molar-refractivity contribution in [2.24, 2.45) is 5.92 Å². The van der Waals surface area contributed by atoms with E-state index in [4.69, 9.17) is 4.74 Å². The van der Waals surface area contributed by atoms with Crippen LogP contribution in [0, 0.1) is 5.92 Å². The van der Waals surface area contributed by atoms with Gasteiger partial charge in [-0.1, -0.05) is 12.1 Å². The van der Waals surface area contributed by atoms with Crippen LogP contribution in [0.5, 0.6) is 0 Å². The van der Waals surface area contributed by atoms with Crippen molar-refractivity contribution in [3.05, 3.63) is 29.3 Å². The number of aromatic nitrogens is 1. The van der Waals surface area contributed by atoms with Gasteiger partial charge in [-0.25, -0.2) is 4.98 Å². The number of hydrogen-bond donors (Lipinski definition) is 1. The molecule has 0 bridgehead atoms. The molecule has 1 fully saturated rings. The maximum atomic E-state index is 10.2. The molecule has 1 aromatic carbocycles. The number of aliphatic hydroxyl groups excluding tert-OH is 1. The van der Waals surface area contributed by atoms with Crippen molar-refractivity contribution in [2.45, 2.75) is 25.4 Å². The zero-order chi connectivity index (χ0) is 12.4. The van der Waals surface area contributed by atoms with Gasteiger partial charge in [0, 0.05) is 18.9 Å². The lowest BCUT2D eigenvalue weighted by Gasteiger charge is -2.26. The number of benzene rings is 1. The van der Waals surface area contributed by atoms with Crippen molar-refractivity contribution in [3.63, 3.8) is 0 Å². The van der Waals surface area contributed by atoms with Crippen LogP contribution >= 0.6 is 11.3 Å². The number of aliphatic hydroxyl groups is 1. The molecular formula is C14H17NO2S. The Balaban J connectivity index is 1.71. The average Bonchev–Trinajstić information content (AvgIpc) is 2.82. The monoisotopic (exact) mass is 263 g/mol. The van der Waals surface area contributed by atoms with Crippen molar-refractivity contribution in [3.8, 4) is 0 Å². The molecule has 1 saturated heterocycles. The van der Waals surface area contributed by atoms with Gasteiger partial charge in [-0.15, -0.1) is 11.3 Å². The number of fused-ring (bicyclic) bond motifs is 1. The third-order valence-corrected chi connectivity index (χ3v) is 4.52. The van der Waals surface area contributed by atoms with Crippen LogP contribution in [0.2, 0.25) is 0 Å². The minimum atomic E-state index is -0.328. The van der Waals surface area contributed by atoms with Crippen LogP contribution in [-0.4, -0.2) is 29.4 Å². The van der Waals surface area contributed by atoms with Crippen LogP contribution in [0.1, 0.15) is 17.8 Å². The van der Waals surface area contributed by atoms with Crippen LogP contribution in [0.4, 0.5) is 0 Å². The number of para-hydroxylation sites is 1. The Morgan fingerprint density at radius 3 is 3.11 bits per heavy atom. The normalized spacial score (nSPS) is 22.2. The van der Waals surface area contributed by atoms with Crippen molar-refractivity contribution in [2.75, 3.05) is 13.2 Å². The Kier molecular flexibility index (Phi) is 3.59. The van der Waals surface area contributed by atoms with Gasteiger partial charge in [0.2, 0.25) is 0 Å². The van der Waals surface area contributed by atoms with Gasteiger partial charge in [0.15, 0.2) is 0 Å². The van der Waals surface area contributed by atoms with Crippen LogP contribution in [0.15, 0.2) is 24.3 Å². The van der Waals surface area contributed by atoms with Gasteiger partial charge in [-0.3, -0.25) is 0 Å². The lowest BCUT2D eigenvalue weighted by atomic mass is 9.94. The van der Waals surface area contributed by atoms with Crippen LogP contribution in [-0.2, 0) is 11.2 Å². The highest BCUT2D eigenvalue weighted by molar-refractivity contribution is 7.18. The van der Waals surface area contributed by atoms with Crippen LogP contribution < -0.4 is 0 Å². The van der Waals surface area contributed by atoms with E-state index in [1.165, 1.54) is 4.70 Å². The SMILES string of the molecule is OC(Cc1nc2ccccc2s1)C1CCCOC1. The standard InChI is InChI=1S/C14H17NO2S/c16-12(10-4-3-7-17-9-10)8-14-15-11-5-1-2-6-13(11)18-14/h1-2,5-6,10,12,16H,3-4,7-9H2. The Morgan fingerprint density at radius 2 is 2.33 bits per heavy atom. The maximum Gasteiger partial charge on any atom is 0.0964 e. The van der Waals surface area contributed by atoms with Crippen LogP contribution in [0.25, 0.3) is 10.2 Å². The number of thiazole rings is 1. The van der Waals surface area contributed by atoms with E-state index in [0.717, 1.165) is 30.0 Å². The Labute approximate surface area is 110 Å². The van der Waals surface area contributed by atoms with E-state index in [9.17, 15) is 5.11 Å². The Morgan fingerprint density at radius 1 is 1.44 bits per heavy atom.